The van der Waals surface area contributed by atoms with Crippen LogP contribution in [0.4, 0.5) is 0 Å². The van der Waals surface area contributed by atoms with Crippen molar-refractivity contribution in [2.75, 3.05) is 19.7 Å². The largest absolute Gasteiger partial charge is 0.376 e. The molecule has 0 saturated heterocycles. The van der Waals surface area contributed by atoms with Gasteiger partial charge >= 0.3 is 0 Å². The Morgan fingerprint density at radius 3 is 2.36 bits per heavy atom. The van der Waals surface area contributed by atoms with E-state index in [9.17, 15) is 8.42 Å². The minimum atomic E-state index is -3.66. The van der Waals surface area contributed by atoms with Crippen molar-refractivity contribution < 1.29 is 13.2 Å². The number of sulfonamides is 1. The molecule has 0 spiro atoms. The molecule has 1 aliphatic carbocycles. The minimum absolute atomic E-state index is 0. The summed E-state index contributed by atoms with van der Waals surface area (Å²) in [6.07, 6.45) is 7.93. The highest BCUT2D eigenvalue weighted by Gasteiger charge is 2.12. The van der Waals surface area contributed by atoms with Crippen molar-refractivity contribution in [1.29, 1.82) is 0 Å². The summed E-state index contributed by atoms with van der Waals surface area (Å²) in [7, 11) is -3.66. The van der Waals surface area contributed by atoms with E-state index < -0.39 is 10.0 Å². The number of nitrogens with zero attached hydrogens (tertiary/aromatic N) is 1. The molecular weight excluding hydrogens is 491 g/mol. The highest BCUT2D eigenvalue weighted by atomic mass is 127. The second kappa shape index (κ2) is 13.3. The van der Waals surface area contributed by atoms with Crippen molar-refractivity contribution in [3.8, 4) is 0 Å². The van der Waals surface area contributed by atoms with Crippen molar-refractivity contribution >= 4 is 40.0 Å². The molecule has 9 heteroatoms. The number of hydrogen-bond acceptors (Lipinski definition) is 4. The van der Waals surface area contributed by atoms with Crippen LogP contribution >= 0.6 is 24.0 Å². The Morgan fingerprint density at radius 2 is 1.79 bits per heavy atom. The number of rotatable bonds is 8. The van der Waals surface area contributed by atoms with E-state index in [0.717, 1.165) is 18.1 Å². The third-order valence-electron chi connectivity index (χ3n) is 4.57. The maximum absolute atomic E-state index is 11.3. The fourth-order valence-electron chi connectivity index (χ4n) is 3.10. The van der Waals surface area contributed by atoms with Gasteiger partial charge in [-0.3, -0.25) is 0 Å². The number of hydrogen-bond donors (Lipinski definition) is 3. The first-order chi connectivity index (χ1) is 13.0. The normalized spacial score (nSPS) is 16.1. The van der Waals surface area contributed by atoms with Crippen molar-refractivity contribution in [3.63, 3.8) is 0 Å². The van der Waals surface area contributed by atoms with E-state index in [0.29, 0.717) is 25.8 Å². The molecule has 1 aromatic rings. The second-order valence-electron chi connectivity index (χ2n) is 6.80. The number of nitrogens with two attached hydrogens (primary N) is 1. The SMILES string of the molecule is CCNC(=NCc1ccc(S(N)(=O)=O)cc1)NCCOC1CCCCCC1.I. The van der Waals surface area contributed by atoms with Gasteiger partial charge in [0.2, 0.25) is 10.0 Å². The van der Waals surface area contributed by atoms with Crippen molar-refractivity contribution in [2.45, 2.75) is 63.0 Å². The molecule has 1 saturated carbocycles. The Labute approximate surface area is 186 Å². The van der Waals surface area contributed by atoms with Gasteiger partial charge in [0.25, 0.3) is 0 Å². The molecule has 0 unspecified atom stereocenters. The lowest BCUT2D eigenvalue weighted by atomic mass is 10.1. The summed E-state index contributed by atoms with van der Waals surface area (Å²) >= 11 is 0. The summed E-state index contributed by atoms with van der Waals surface area (Å²) in [5.74, 6) is 0.720. The van der Waals surface area contributed by atoms with Gasteiger partial charge in [-0.2, -0.15) is 0 Å². The van der Waals surface area contributed by atoms with Gasteiger partial charge in [0, 0.05) is 13.1 Å². The Hall–Kier alpha value is -0.910. The molecule has 0 bridgehead atoms. The highest BCUT2D eigenvalue weighted by Crippen LogP contribution is 2.19. The molecule has 1 fully saturated rings. The molecule has 0 atom stereocenters. The molecule has 2 rings (SSSR count). The first-order valence-electron chi connectivity index (χ1n) is 9.74. The van der Waals surface area contributed by atoms with Crippen LogP contribution < -0.4 is 15.8 Å². The predicted molar refractivity (Wildman–Crippen MR) is 123 cm³/mol. The van der Waals surface area contributed by atoms with Gasteiger partial charge in [-0.25, -0.2) is 18.5 Å². The van der Waals surface area contributed by atoms with E-state index >= 15 is 0 Å². The third-order valence-corrected chi connectivity index (χ3v) is 5.50. The summed E-state index contributed by atoms with van der Waals surface area (Å²) in [6.45, 7) is 4.59. The van der Waals surface area contributed by atoms with Crippen LogP contribution in [-0.2, 0) is 21.3 Å². The average Bonchev–Trinajstić information content (AvgIpc) is 2.91. The molecular formula is C19H33IN4O3S. The molecule has 0 aromatic heterocycles. The number of aliphatic imine (C=N–C) groups is 1. The Kier molecular flexibility index (Phi) is 12.0. The maximum atomic E-state index is 11.3. The molecule has 1 aliphatic rings. The highest BCUT2D eigenvalue weighted by molar-refractivity contribution is 14.0. The van der Waals surface area contributed by atoms with Crippen molar-refractivity contribution in [3.05, 3.63) is 29.8 Å². The lowest BCUT2D eigenvalue weighted by Gasteiger charge is -2.16. The Balaban J connectivity index is 0.00000392. The van der Waals surface area contributed by atoms with Crippen LogP contribution in [0.15, 0.2) is 34.2 Å². The molecule has 4 N–H and O–H groups in total. The zero-order valence-electron chi connectivity index (χ0n) is 16.5. The van der Waals surface area contributed by atoms with Gasteiger partial charge < -0.3 is 15.4 Å². The second-order valence-corrected chi connectivity index (χ2v) is 8.36. The van der Waals surface area contributed by atoms with E-state index in [4.69, 9.17) is 9.88 Å². The van der Waals surface area contributed by atoms with Crippen LogP contribution in [0, 0.1) is 0 Å². The Bertz CT molecular complexity index is 688. The molecule has 0 radical (unpaired) electrons. The van der Waals surface area contributed by atoms with Crippen LogP contribution in [0.5, 0.6) is 0 Å². The molecule has 0 aliphatic heterocycles. The molecule has 160 valence electrons. The predicted octanol–water partition coefficient (Wildman–Crippen LogP) is 2.75. The maximum Gasteiger partial charge on any atom is 0.238 e. The van der Waals surface area contributed by atoms with E-state index in [-0.39, 0.29) is 28.9 Å². The topological polar surface area (TPSA) is 106 Å². The Morgan fingerprint density at radius 1 is 1.14 bits per heavy atom. The number of halogens is 1. The average molecular weight is 524 g/mol. The fraction of sp³-hybridized carbons (Fsp3) is 0.632. The zero-order valence-corrected chi connectivity index (χ0v) is 19.7. The third kappa shape index (κ3) is 9.53. The quantitative estimate of drug-likeness (QED) is 0.160. The smallest absolute Gasteiger partial charge is 0.238 e. The van der Waals surface area contributed by atoms with E-state index in [1.165, 1.54) is 50.7 Å². The van der Waals surface area contributed by atoms with Crippen LogP contribution in [0.2, 0.25) is 0 Å². The van der Waals surface area contributed by atoms with Gasteiger partial charge in [-0.15, -0.1) is 24.0 Å². The lowest BCUT2D eigenvalue weighted by Crippen LogP contribution is -2.39. The van der Waals surface area contributed by atoms with E-state index in [1.807, 2.05) is 6.92 Å². The monoisotopic (exact) mass is 524 g/mol. The van der Waals surface area contributed by atoms with Crippen LogP contribution in [0.3, 0.4) is 0 Å². The number of ether oxygens (including phenoxy) is 1. The standard InChI is InChI=1S/C19H32N4O3S.HI/c1-2-21-19(22-13-14-26-17-7-5-3-4-6-8-17)23-15-16-9-11-18(12-10-16)27(20,24)25;/h9-12,17H,2-8,13-15H2,1H3,(H2,20,24,25)(H2,21,22,23);1H. The first-order valence-corrected chi connectivity index (χ1v) is 11.3. The van der Waals surface area contributed by atoms with Gasteiger partial charge in [-0.05, 0) is 37.5 Å². The van der Waals surface area contributed by atoms with Crippen LogP contribution in [0.25, 0.3) is 0 Å². The van der Waals surface area contributed by atoms with Gasteiger partial charge in [0.05, 0.1) is 24.2 Å². The molecule has 0 heterocycles. The van der Waals surface area contributed by atoms with E-state index in [1.54, 1.807) is 12.1 Å². The van der Waals surface area contributed by atoms with Gasteiger partial charge in [0.15, 0.2) is 5.96 Å². The number of primary sulfonamides is 1. The van der Waals surface area contributed by atoms with Crippen LogP contribution in [0.1, 0.15) is 51.0 Å². The van der Waals surface area contributed by atoms with Crippen molar-refractivity contribution in [1.82, 2.24) is 10.6 Å². The summed E-state index contributed by atoms with van der Waals surface area (Å²) in [6, 6.07) is 6.45. The molecule has 1 aromatic carbocycles. The number of benzene rings is 1. The first kappa shape index (κ1) is 25.1. The summed E-state index contributed by atoms with van der Waals surface area (Å²) in [5.41, 5.74) is 0.911. The molecule has 0 amide bonds. The van der Waals surface area contributed by atoms with Crippen molar-refractivity contribution in [2.24, 2.45) is 10.1 Å². The summed E-state index contributed by atoms with van der Waals surface area (Å²) in [5, 5.41) is 11.6. The van der Waals surface area contributed by atoms with Crippen LogP contribution in [-0.4, -0.2) is 40.2 Å². The van der Waals surface area contributed by atoms with E-state index in [2.05, 4.69) is 15.6 Å². The molecule has 28 heavy (non-hydrogen) atoms. The molecule has 7 nitrogen and oxygen atoms in total. The summed E-state index contributed by atoms with van der Waals surface area (Å²) in [4.78, 5) is 4.64. The number of guanidine groups is 1. The fourth-order valence-corrected chi connectivity index (χ4v) is 3.62. The number of nitrogens with one attached hydrogen (secondary N) is 2. The van der Waals surface area contributed by atoms with Gasteiger partial charge in [-0.1, -0.05) is 37.8 Å². The summed E-state index contributed by atoms with van der Waals surface area (Å²) < 4.78 is 28.6. The van der Waals surface area contributed by atoms with Gasteiger partial charge in [0.1, 0.15) is 0 Å². The zero-order chi connectivity index (χ0) is 19.5. The minimum Gasteiger partial charge on any atom is -0.376 e. The lowest BCUT2D eigenvalue weighted by molar-refractivity contribution is 0.0468.